The van der Waals surface area contributed by atoms with Crippen LogP contribution in [0.5, 0.6) is 0 Å². The summed E-state index contributed by atoms with van der Waals surface area (Å²) in [5, 5.41) is 20.5. The van der Waals surface area contributed by atoms with Crippen LogP contribution in [0.4, 0.5) is 0 Å². The first-order chi connectivity index (χ1) is 6.79. The average molecular weight is 217 g/mol. The molecule has 1 saturated heterocycles. The molecule has 0 radical (unpaired) electrons. The molecule has 1 fully saturated rings. The van der Waals surface area contributed by atoms with Crippen molar-refractivity contribution in [2.24, 2.45) is 0 Å². The van der Waals surface area contributed by atoms with Crippen LogP contribution in [0.1, 0.15) is 40.5 Å². The number of aliphatic hydroxyl groups excluding tert-OH is 2. The molecule has 0 spiro atoms. The van der Waals surface area contributed by atoms with Gasteiger partial charge < -0.3 is 10.2 Å². The van der Waals surface area contributed by atoms with Gasteiger partial charge in [0, 0.05) is 11.1 Å². The molecule has 0 unspecified atom stereocenters. The number of aliphatic hydroxyl groups is 2. The Kier molecular flexibility index (Phi) is 3.76. The maximum Gasteiger partial charge on any atom is 0.0916 e. The lowest BCUT2D eigenvalue weighted by molar-refractivity contribution is -0.294. The van der Waals surface area contributed by atoms with Crippen LogP contribution >= 0.6 is 0 Å². The minimum absolute atomic E-state index is 0.0191. The monoisotopic (exact) mass is 217 g/mol. The topological polar surface area (TPSA) is 52.9 Å². The van der Waals surface area contributed by atoms with Crippen LogP contribution in [0.3, 0.4) is 0 Å². The first-order valence-electron chi connectivity index (χ1n) is 5.52. The molecule has 4 nitrogen and oxygen atoms in total. The Hall–Kier alpha value is -0.160. The van der Waals surface area contributed by atoms with Crippen LogP contribution in [0.25, 0.3) is 0 Å². The van der Waals surface area contributed by atoms with Crippen molar-refractivity contribution in [2.45, 2.75) is 57.7 Å². The Balaban J connectivity index is 2.77. The largest absolute Gasteiger partial charge is 0.394 e. The number of hydrogen-bond donors (Lipinski definition) is 2. The Morgan fingerprint density at radius 1 is 1.20 bits per heavy atom. The van der Waals surface area contributed by atoms with Crippen LogP contribution in [0.15, 0.2) is 0 Å². The predicted molar refractivity (Wildman–Crippen MR) is 58.3 cm³/mol. The third-order valence-electron chi connectivity index (χ3n) is 2.88. The summed E-state index contributed by atoms with van der Waals surface area (Å²) in [5.41, 5.74) is -0.396. The SMILES string of the molecule is CC1(C)CC(O)CC(C)(C)N1OCCO. The molecule has 90 valence electrons. The molecule has 1 aliphatic heterocycles. The van der Waals surface area contributed by atoms with E-state index in [-0.39, 0.29) is 23.8 Å². The molecule has 0 atom stereocenters. The molecule has 0 amide bonds. The minimum atomic E-state index is -0.274. The number of nitrogens with zero attached hydrogens (tertiary/aromatic N) is 1. The second-order valence-electron chi connectivity index (χ2n) is 5.54. The molecule has 2 N–H and O–H groups in total. The zero-order valence-electron chi connectivity index (χ0n) is 10.2. The van der Waals surface area contributed by atoms with Crippen molar-refractivity contribution in [2.75, 3.05) is 13.2 Å². The summed E-state index contributed by atoms with van der Waals surface area (Å²) in [6.07, 6.45) is 1.12. The molecule has 0 aliphatic carbocycles. The van der Waals surface area contributed by atoms with E-state index < -0.39 is 0 Å². The van der Waals surface area contributed by atoms with Crippen molar-refractivity contribution in [3.63, 3.8) is 0 Å². The Morgan fingerprint density at radius 3 is 2.07 bits per heavy atom. The highest BCUT2D eigenvalue weighted by atomic mass is 16.7. The third-order valence-corrected chi connectivity index (χ3v) is 2.88. The van der Waals surface area contributed by atoms with Crippen molar-refractivity contribution in [1.29, 1.82) is 0 Å². The first kappa shape index (κ1) is 12.9. The fraction of sp³-hybridized carbons (Fsp3) is 1.00. The van der Waals surface area contributed by atoms with Gasteiger partial charge in [-0.2, -0.15) is 5.06 Å². The highest BCUT2D eigenvalue weighted by molar-refractivity contribution is 4.96. The van der Waals surface area contributed by atoms with Crippen LogP contribution in [-0.2, 0) is 4.84 Å². The van der Waals surface area contributed by atoms with Gasteiger partial charge in [0.25, 0.3) is 0 Å². The number of piperidine rings is 1. The Labute approximate surface area is 91.8 Å². The van der Waals surface area contributed by atoms with E-state index in [0.717, 1.165) is 0 Å². The predicted octanol–water partition coefficient (Wildman–Crippen LogP) is 0.924. The van der Waals surface area contributed by atoms with Crippen LogP contribution in [0.2, 0.25) is 0 Å². The average Bonchev–Trinajstić information content (AvgIpc) is 1.98. The van der Waals surface area contributed by atoms with Crippen LogP contribution < -0.4 is 0 Å². The summed E-state index contributed by atoms with van der Waals surface area (Å²) in [5.74, 6) is 0. The molecule has 0 aromatic heterocycles. The molecule has 1 rings (SSSR count). The van der Waals surface area contributed by atoms with Gasteiger partial charge in [-0.15, -0.1) is 0 Å². The third kappa shape index (κ3) is 2.91. The molecular formula is C11H23NO3. The minimum Gasteiger partial charge on any atom is -0.394 e. The molecule has 1 aliphatic rings. The summed E-state index contributed by atoms with van der Waals surface area (Å²) in [6, 6.07) is 0. The van der Waals surface area contributed by atoms with Crippen molar-refractivity contribution in [1.82, 2.24) is 5.06 Å². The summed E-state index contributed by atoms with van der Waals surface area (Å²) in [7, 11) is 0. The van der Waals surface area contributed by atoms with E-state index in [9.17, 15) is 5.11 Å². The summed E-state index contributed by atoms with van der Waals surface area (Å²) in [4.78, 5) is 5.58. The Bertz CT molecular complexity index is 198. The van der Waals surface area contributed by atoms with Crippen molar-refractivity contribution in [3.05, 3.63) is 0 Å². The number of rotatable bonds is 3. The van der Waals surface area contributed by atoms with E-state index in [1.807, 2.05) is 5.06 Å². The maximum absolute atomic E-state index is 9.79. The lowest BCUT2D eigenvalue weighted by atomic mass is 9.80. The van der Waals surface area contributed by atoms with Gasteiger partial charge in [0.2, 0.25) is 0 Å². The van der Waals surface area contributed by atoms with Gasteiger partial charge in [-0.3, -0.25) is 4.84 Å². The smallest absolute Gasteiger partial charge is 0.0916 e. The van der Waals surface area contributed by atoms with Gasteiger partial charge in [0.1, 0.15) is 0 Å². The number of hydrogen-bond acceptors (Lipinski definition) is 4. The van der Waals surface area contributed by atoms with E-state index >= 15 is 0 Å². The van der Waals surface area contributed by atoms with E-state index in [2.05, 4.69) is 27.7 Å². The maximum atomic E-state index is 9.79. The van der Waals surface area contributed by atoms with Gasteiger partial charge in [-0.05, 0) is 40.5 Å². The summed E-state index contributed by atoms with van der Waals surface area (Å²) >= 11 is 0. The normalized spacial score (nSPS) is 26.8. The molecule has 4 heteroatoms. The Morgan fingerprint density at radius 2 is 1.67 bits per heavy atom. The van der Waals surface area contributed by atoms with Gasteiger partial charge in [-0.25, -0.2) is 0 Å². The highest BCUT2D eigenvalue weighted by Crippen LogP contribution is 2.38. The fourth-order valence-electron chi connectivity index (χ4n) is 2.69. The van der Waals surface area contributed by atoms with Gasteiger partial charge in [-0.1, -0.05) is 0 Å². The second-order valence-corrected chi connectivity index (χ2v) is 5.54. The highest BCUT2D eigenvalue weighted by Gasteiger charge is 2.45. The quantitative estimate of drug-likeness (QED) is 0.738. The van der Waals surface area contributed by atoms with Crippen LogP contribution in [0, 0.1) is 0 Å². The van der Waals surface area contributed by atoms with Crippen molar-refractivity contribution >= 4 is 0 Å². The van der Waals surface area contributed by atoms with Crippen molar-refractivity contribution < 1.29 is 15.1 Å². The molecule has 0 bridgehead atoms. The molecule has 0 aromatic rings. The van der Waals surface area contributed by atoms with E-state index in [0.29, 0.717) is 19.4 Å². The standard InChI is InChI=1S/C11H23NO3/c1-10(2)7-9(14)8-11(3,4)12(10)15-6-5-13/h9,13-14H,5-8H2,1-4H3. The second kappa shape index (κ2) is 4.37. The molecule has 15 heavy (non-hydrogen) atoms. The summed E-state index contributed by atoms with van der Waals surface area (Å²) < 4.78 is 0. The van der Waals surface area contributed by atoms with E-state index in [4.69, 9.17) is 9.94 Å². The molecular weight excluding hydrogens is 194 g/mol. The molecule has 1 heterocycles. The lowest BCUT2D eigenvalue weighted by Gasteiger charge is -2.52. The summed E-state index contributed by atoms with van der Waals surface area (Å²) in [6.45, 7) is 8.53. The first-order valence-corrected chi connectivity index (χ1v) is 5.52. The number of hydroxylamine groups is 2. The zero-order chi connectivity index (χ0) is 11.7. The van der Waals surface area contributed by atoms with Gasteiger partial charge in [0.05, 0.1) is 19.3 Å². The fourth-order valence-corrected chi connectivity index (χ4v) is 2.69. The zero-order valence-corrected chi connectivity index (χ0v) is 10.2. The molecule has 0 aromatic carbocycles. The van der Waals surface area contributed by atoms with Crippen LogP contribution in [-0.4, -0.2) is 45.7 Å². The lowest BCUT2D eigenvalue weighted by Crippen LogP contribution is -2.61. The van der Waals surface area contributed by atoms with E-state index in [1.54, 1.807) is 0 Å². The van der Waals surface area contributed by atoms with Gasteiger partial charge in [0.15, 0.2) is 0 Å². The molecule has 0 saturated carbocycles. The van der Waals surface area contributed by atoms with E-state index in [1.165, 1.54) is 0 Å². The van der Waals surface area contributed by atoms with Gasteiger partial charge >= 0.3 is 0 Å². The van der Waals surface area contributed by atoms with Crippen molar-refractivity contribution in [3.8, 4) is 0 Å².